The van der Waals surface area contributed by atoms with Gasteiger partial charge >= 0.3 is 6.09 Å². The molecule has 0 unspecified atom stereocenters. The maximum absolute atomic E-state index is 11.6. The van der Waals surface area contributed by atoms with Crippen molar-refractivity contribution in [3.05, 3.63) is 36.4 Å². The number of rotatable bonds is 3. The van der Waals surface area contributed by atoms with Crippen molar-refractivity contribution >= 4 is 17.7 Å². The summed E-state index contributed by atoms with van der Waals surface area (Å²) in [5.41, 5.74) is 0.573. The van der Waals surface area contributed by atoms with Gasteiger partial charge in [0.05, 0.1) is 0 Å². The Morgan fingerprint density at radius 2 is 1.90 bits per heavy atom. The van der Waals surface area contributed by atoms with Gasteiger partial charge in [-0.3, -0.25) is 4.79 Å². The second-order valence-electron chi connectivity index (χ2n) is 5.53. The van der Waals surface area contributed by atoms with Crippen LogP contribution < -0.4 is 15.4 Å². The molecule has 20 heavy (non-hydrogen) atoms. The first-order valence-electron chi connectivity index (χ1n) is 6.24. The Morgan fingerprint density at radius 1 is 1.25 bits per heavy atom. The Bertz CT molecular complexity index is 530. The van der Waals surface area contributed by atoms with Crippen LogP contribution in [0.1, 0.15) is 27.7 Å². The average Bonchev–Trinajstić information content (AvgIpc) is 2.26. The van der Waals surface area contributed by atoms with Crippen LogP contribution in [0.2, 0.25) is 0 Å². The van der Waals surface area contributed by atoms with Gasteiger partial charge in [-0.1, -0.05) is 12.6 Å². The Kier molecular flexibility index (Phi) is 4.91. The number of anilines is 1. The molecule has 0 bridgehead atoms. The van der Waals surface area contributed by atoms with E-state index in [0.29, 0.717) is 17.0 Å². The van der Waals surface area contributed by atoms with Crippen LogP contribution >= 0.6 is 0 Å². The maximum atomic E-state index is 11.6. The van der Waals surface area contributed by atoms with Gasteiger partial charge in [-0.25, -0.2) is 4.79 Å². The summed E-state index contributed by atoms with van der Waals surface area (Å²) in [6, 6.07) is 6.60. The molecule has 1 aromatic rings. The summed E-state index contributed by atoms with van der Waals surface area (Å²) in [5.74, 6) is 0.0764. The zero-order chi connectivity index (χ0) is 15.3. The summed E-state index contributed by atoms with van der Waals surface area (Å²) in [6.07, 6.45) is -0.541. The van der Waals surface area contributed by atoms with E-state index in [4.69, 9.17) is 4.74 Å². The molecule has 108 valence electrons. The number of hydrogen-bond acceptors (Lipinski definition) is 3. The third kappa shape index (κ3) is 5.56. The first kappa shape index (κ1) is 15.8. The number of benzene rings is 1. The van der Waals surface area contributed by atoms with E-state index < -0.39 is 6.09 Å². The van der Waals surface area contributed by atoms with Crippen molar-refractivity contribution in [3.8, 4) is 5.75 Å². The molecule has 0 fully saturated rings. The molecule has 0 aliphatic heterocycles. The highest BCUT2D eigenvalue weighted by molar-refractivity contribution is 6.02. The monoisotopic (exact) mass is 276 g/mol. The largest absolute Gasteiger partial charge is 0.413 e. The molecule has 5 heteroatoms. The van der Waals surface area contributed by atoms with Gasteiger partial charge in [0.2, 0.25) is 0 Å². The number of carbonyl (C=O) groups is 2. The molecule has 0 heterocycles. The fourth-order valence-corrected chi connectivity index (χ4v) is 1.31. The van der Waals surface area contributed by atoms with Gasteiger partial charge in [-0.2, -0.15) is 0 Å². The van der Waals surface area contributed by atoms with Crippen LogP contribution in [0, 0.1) is 0 Å². The van der Waals surface area contributed by atoms with Crippen LogP contribution in [0.15, 0.2) is 36.4 Å². The lowest BCUT2D eigenvalue weighted by atomic mass is 10.1. The van der Waals surface area contributed by atoms with Crippen molar-refractivity contribution in [2.24, 2.45) is 0 Å². The summed E-state index contributed by atoms with van der Waals surface area (Å²) in [5, 5.41) is 5.34. The Hall–Kier alpha value is -2.30. The number of nitrogens with one attached hydrogen (secondary N) is 2. The zero-order valence-electron chi connectivity index (χ0n) is 12.2. The molecular formula is C15H20N2O3. The van der Waals surface area contributed by atoms with Gasteiger partial charge < -0.3 is 15.4 Å². The van der Waals surface area contributed by atoms with Gasteiger partial charge in [0.1, 0.15) is 5.75 Å². The van der Waals surface area contributed by atoms with Crippen molar-refractivity contribution in [2.45, 2.75) is 33.2 Å². The topological polar surface area (TPSA) is 67.4 Å². The average molecular weight is 276 g/mol. The first-order chi connectivity index (χ1) is 9.17. The molecule has 0 spiro atoms. The summed E-state index contributed by atoms with van der Waals surface area (Å²) in [7, 11) is 0. The van der Waals surface area contributed by atoms with Crippen LogP contribution in [-0.2, 0) is 4.79 Å². The van der Waals surface area contributed by atoms with Crippen molar-refractivity contribution in [3.63, 3.8) is 0 Å². The summed E-state index contributed by atoms with van der Waals surface area (Å²) < 4.78 is 5.15. The Morgan fingerprint density at radius 3 is 2.45 bits per heavy atom. The molecule has 0 radical (unpaired) electrons. The molecule has 1 aromatic carbocycles. The minimum Gasteiger partial charge on any atom is -0.410 e. The predicted molar refractivity (Wildman–Crippen MR) is 78.8 cm³/mol. The molecule has 2 N–H and O–H groups in total. The third-order valence-corrected chi connectivity index (χ3v) is 2.17. The predicted octanol–water partition coefficient (Wildman–Crippen LogP) is 3.09. The maximum Gasteiger partial charge on any atom is 0.413 e. The quantitative estimate of drug-likeness (QED) is 0.834. The number of hydrogen-bond donors (Lipinski definition) is 2. The van der Waals surface area contributed by atoms with Crippen LogP contribution in [0.25, 0.3) is 0 Å². The van der Waals surface area contributed by atoms with E-state index >= 15 is 0 Å². The fraction of sp³-hybridized carbons (Fsp3) is 0.333. The molecule has 5 nitrogen and oxygen atoms in total. The highest BCUT2D eigenvalue weighted by Crippen LogP contribution is 2.18. The third-order valence-electron chi connectivity index (χ3n) is 2.17. The fourth-order valence-electron chi connectivity index (χ4n) is 1.31. The van der Waals surface area contributed by atoms with E-state index in [1.165, 1.54) is 0 Å². The van der Waals surface area contributed by atoms with Gasteiger partial charge in [-0.05, 0) is 39.8 Å². The van der Waals surface area contributed by atoms with Gasteiger partial charge in [-0.15, -0.1) is 0 Å². The number of amides is 2. The van der Waals surface area contributed by atoms with E-state index in [0.717, 1.165) is 0 Å². The lowest BCUT2D eigenvalue weighted by Gasteiger charge is -2.19. The van der Waals surface area contributed by atoms with Crippen LogP contribution in [0.5, 0.6) is 5.75 Å². The molecule has 0 aromatic heterocycles. The normalized spacial score (nSPS) is 10.6. The molecule has 0 aliphatic carbocycles. The minimum absolute atomic E-state index is 0.277. The SMILES string of the molecule is C=C(C)C(=O)Nc1cccc(OC(=O)NC(C)(C)C)c1. The number of ether oxygens (including phenoxy) is 1. The highest BCUT2D eigenvalue weighted by Gasteiger charge is 2.15. The first-order valence-corrected chi connectivity index (χ1v) is 6.24. The van der Waals surface area contributed by atoms with E-state index in [-0.39, 0.29) is 11.4 Å². The Labute approximate surface area is 119 Å². The molecular weight excluding hydrogens is 256 g/mol. The lowest BCUT2D eigenvalue weighted by molar-refractivity contribution is -0.112. The second-order valence-corrected chi connectivity index (χ2v) is 5.53. The van der Waals surface area contributed by atoms with Crippen LogP contribution in [0.4, 0.5) is 10.5 Å². The highest BCUT2D eigenvalue weighted by atomic mass is 16.6. The van der Waals surface area contributed by atoms with E-state index in [1.54, 1.807) is 31.2 Å². The van der Waals surface area contributed by atoms with Gasteiger partial charge in [0, 0.05) is 22.9 Å². The molecule has 0 saturated heterocycles. The van der Waals surface area contributed by atoms with Crippen molar-refractivity contribution in [1.29, 1.82) is 0 Å². The van der Waals surface area contributed by atoms with Gasteiger partial charge in [0.15, 0.2) is 0 Å². The second kappa shape index (κ2) is 6.23. The Balaban J connectivity index is 2.71. The van der Waals surface area contributed by atoms with Crippen molar-refractivity contribution in [2.75, 3.05) is 5.32 Å². The van der Waals surface area contributed by atoms with E-state index in [1.807, 2.05) is 20.8 Å². The smallest absolute Gasteiger partial charge is 0.410 e. The van der Waals surface area contributed by atoms with Crippen molar-refractivity contribution in [1.82, 2.24) is 5.32 Å². The molecule has 0 aliphatic rings. The standard InChI is InChI=1S/C15H20N2O3/c1-10(2)13(18)16-11-7-6-8-12(9-11)20-14(19)17-15(3,4)5/h6-9H,1H2,2-5H3,(H,16,18)(H,17,19). The van der Waals surface area contributed by atoms with E-state index in [2.05, 4.69) is 17.2 Å². The molecule has 2 amide bonds. The van der Waals surface area contributed by atoms with Gasteiger partial charge in [0.25, 0.3) is 5.91 Å². The van der Waals surface area contributed by atoms with Crippen molar-refractivity contribution < 1.29 is 14.3 Å². The molecule has 1 rings (SSSR count). The molecule has 0 atom stereocenters. The van der Waals surface area contributed by atoms with Crippen LogP contribution in [0.3, 0.4) is 0 Å². The lowest BCUT2D eigenvalue weighted by Crippen LogP contribution is -2.42. The summed E-state index contributed by atoms with van der Waals surface area (Å²) in [6.45, 7) is 10.7. The van der Waals surface area contributed by atoms with Crippen LogP contribution in [-0.4, -0.2) is 17.5 Å². The minimum atomic E-state index is -0.541. The zero-order valence-corrected chi connectivity index (χ0v) is 12.2. The molecule has 0 saturated carbocycles. The number of carbonyl (C=O) groups excluding carboxylic acids is 2. The summed E-state index contributed by atoms with van der Waals surface area (Å²) in [4.78, 5) is 23.1. The van der Waals surface area contributed by atoms with E-state index in [9.17, 15) is 9.59 Å². The summed E-state index contributed by atoms with van der Waals surface area (Å²) >= 11 is 0.